The second-order valence-electron chi connectivity index (χ2n) is 5.03. The van der Waals surface area contributed by atoms with Gasteiger partial charge in [0.25, 0.3) is 0 Å². The summed E-state index contributed by atoms with van der Waals surface area (Å²) in [6.07, 6.45) is 1.47. The van der Waals surface area contributed by atoms with Crippen LogP contribution in [0.5, 0.6) is 5.75 Å². The normalized spacial score (nSPS) is 12.1. The van der Waals surface area contributed by atoms with Crippen LogP contribution >= 0.6 is 15.9 Å². The van der Waals surface area contributed by atoms with Crippen molar-refractivity contribution in [2.75, 3.05) is 19.7 Å². The third-order valence-electron chi connectivity index (χ3n) is 2.93. The number of primary amides is 1. The molecule has 4 N–H and O–H groups in total. The molecular formula is C15H23BrN2O3. The zero-order chi connectivity index (χ0) is 15.7. The smallest absolute Gasteiger partial charge is 0.217 e. The van der Waals surface area contributed by atoms with Crippen LogP contribution in [0.3, 0.4) is 0 Å². The average Bonchev–Trinajstić information content (AvgIpc) is 2.41. The summed E-state index contributed by atoms with van der Waals surface area (Å²) in [6.45, 7) is 3.44. The van der Waals surface area contributed by atoms with Crippen LogP contribution in [0, 0.1) is 6.92 Å². The van der Waals surface area contributed by atoms with E-state index in [4.69, 9.17) is 10.5 Å². The highest BCUT2D eigenvalue weighted by Gasteiger charge is 2.07. The Labute approximate surface area is 134 Å². The molecule has 1 rings (SSSR count). The number of benzene rings is 1. The highest BCUT2D eigenvalue weighted by molar-refractivity contribution is 9.10. The van der Waals surface area contributed by atoms with E-state index < -0.39 is 6.10 Å². The van der Waals surface area contributed by atoms with Crippen LogP contribution in [0.2, 0.25) is 0 Å². The number of nitrogens with two attached hydrogens (primary N) is 1. The number of aliphatic hydroxyl groups is 1. The fraction of sp³-hybridized carbons (Fsp3) is 0.533. The van der Waals surface area contributed by atoms with Gasteiger partial charge in [-0.1, -0.05) is 6.07 Å². The van der Waals surface area contributed by atoms with E-state index >= 15 is 0 Å². The van der Waals surface area contributed by atoms with Crippen molar-refractivity contribution in [3.63, 3.8) is 0 Å². The Hall–Kier alpha value is -1.11. The summed E-state index contributed by atoms with van der Waals surface area (Å²) < 4.78 is 6.45. The number of ether oxygens (including phenoxy) is 1. The molecule has 0 aromatic heterocycles. The van der Waals surface area contributed by atoms with Gasteiger partial charge in [-0.05, 0) is 59.9 Å². The van der Waals surface area contributed by atoms with Crippen molar-refractivity contribution in [3.05, 3.63) is 28.2 Å². The van der Waals surface area contributed by atoms with Gasteiger partial charge in [0, 0.05) is 13.0 Å². The Morgan fingerprint density at radius 1 is 1.48 bits per heavy atom. The molecule has 21 heavy (non-hydrogen) atoms. The summed E-state index contributed by atoms with van der Waals surface area (Å²) in [4.78, 5) is 10.6. The number of halogens is 1. The van der Waals surface area contributed by atoms with Crippen molar-refractivity contribution in [1.29, 1.82) is 0 Å². The van der Waals surface area contributed by atoms with Gasteiger partial charge in [-0.25, -0.2) is 0 Å². The predicted octanol–water partition coefficient (Wildman–Crippen LogP) is 1.74. The fourth-order valence-electron chi connectivity index (χ4n) is 1.79. The second-order valence-corrected chi connectivity index (χ2v) is 5.88. The van der Waals surface area contributed by atoms with Crippen LogP contribution in [0.25, 0.3) is 0 Å². The first-order valence-corrected chi connectivity index (χ1v) is 7.84. The van der Waals surface area contributed by atoms with E-state index in [2.05, 4.69) is 21.2 Å². The van der Waals surface area contributed by atoms with Crippen molar-refractivity contribution in [2.45, 2.75) is 32.3 Å². The van der Waals surface area contributed by atoms with Crippen molar-refractivity contribution in [3.8, 4) is 5.75 Å². The molecule has 1 amide bonds. The topological polar surface area (TPSA) is 84.6 Å². The van der Waals surface area contributed by atoms with Gasteiger partial charge in [-0.3, -0.25) is 4.79 Å². The standard InChI is InChI=1S/C15H23BrN2O3/c1-11-5-6-14(13(16)8-11)21-10-12(19)9-18-7-3-2-4-15(17)20/h5-6,8,12,18-19H,2-4,7,9-10H2,1H3,(H2,17,20). The molecule has 1 atom stereocenters. The number of hydrogen-bond donors (Lipinski definition) is 3. The average molecular weight is 359 g/mol. The lowest BCUT2D eigenvalue weighted by Crippen LogP contribution is -2.32. The minimum Gasteiger partial charge on any atom is -0.490 e. The molecule has 0 aliphatic rings. The lowest BCUT2D eigenvalue weighted by molar-refractivity contribution is -0.118. The first-order chi connectivity index (χ1) is 9.99. The number of amides is 1. The van der Waals surface area contributed by atoms with Crippen LogP contribution in [-0.4, -0.2) is 36.8 Å². The van der Waals surface area contributed by atoms with E-state index in [1.54, 1.807) is 0 Å². The van der Waals surface area contributed by atoms with Crippen LogP contribution in [0.4, 0.5) is 0 Å². The quantitative estimate of drug-likeness (QED) is 0.556. The Morgan fingerprint density at radius 3 is 2.90 bits per heavy atom. The summed E-state index contributed by atoms with van der Waals surface area (Å²) in [5, 5.41) is 12.9. The summed E-state index contributed by atoms with van der Waals surface area (Å²) in [7, 11) is 0. The van der Waals surface area contributed by atoms with Crippen molar-refractivity contribution < 1.29 is 14.6 Å². The summed E-state index contributed by atoms with van der Waals surface area (Å²) in [6, 6.07) is 5.81. The number of nitrogens with one attached hydrogen (secondary N) is 1. The zero-order valence-corrected chi connectivity index (χ0v) is 13.9. The Balaban J connectivity index is 2.13. The van der Waals surface area contributed by atoms with E-state index in [-0.39, 0.29) is 12.5 Å². The molecule has 6 heteroatoms. The third-order valence-corrected chi connectivity index (χ3v) is 3.55. The predicted molar refractivity (Wildman–Crippen MR) is 86.3 cm³/mol. The number of hydrogen-bond acceptors (Lipinski definition) is 4. The number of carbonyl (C=O) groups is 1. The molecule has 118 valence electrons. The van der Waals surface area contributed by atoms with Crippen molar-refractivity contribution >= 4 is 21.8 Å². The number of unbranched alkanes of at least 4 members (excludes halogenated alkanes) is 1. The van der Waals surface area contributed by atoms with Gasteiger partial charge in [-0.2, -0.15) is 0 Å². The highest BCUT2D eigenvalue weighted by atomic mass is 79.9. The van der Waals surface area contributed by atoms with E-state index in [1.165, 1.54) is 0 Å². The van der Waals surface area contributed by atoms with Crippen LogP contribution in [0.1, 0.15) is 24.8 Å². The summed E-state index contributed by atoms with van der Waals surface area (Å²) in [5.74, 6) is 0.452. The maximum atomic E-state index is 10.6. The van der Waals surface area contributed by atoms with Crippen LogP contribution in [0.15, 0.2) is 22.7 Å². The molecule has 0 heterocycles. The highest BCUT2D eigenvalue weighted by Crippen LogP contribution is 2.25. The number of aryl methyl sites for hydroxylation is 1. The van der Waals surface area contributed by atoms with Gasteiger partial charge in [0.15, 0.2) is 0 Å². The van der Waals surface area contributed by atoms with E-state index in [0.29, 0.717) is 13.0 Å². The van der Waals surface area contributed by atoms with Gasteiger partial charge in [0.1, 0.15) is 18.5 Å². The number of carbonyl (C=O) groups excluding carboxylic acids is 1. The monoisotopic (exact) mass is 358 g/mol. The van der Waals surface area contributed by atoms with Gasteiger partial charge in [-0.15, -0.1) is 0 Å². The third kappa shape index (κ3) is 8.04. The molecular weight excluding hydrogens is 336 g/mol. The maximum Gasteiger partial charge on any atom is 0.217 e. The molecule has 0 fully saturated rings. The van der Waals surface area contributed by atoms with Crippen molar-refractivity contribution in [2.24, 2.45) is 5.73 Å². The second kappa shape index (κ2) is 9.76. The molecule has 0 spiro atoms. The SMILES string of the molecule is Cc1ccc(OCC(O)CNCCCCC(N)=O)c(Br)c1. The van der Waals surface area contributed by atoms with Gasteiger partial charge < -0.3 is 20.9 Å². The fourth-order valence-corrected chi connectivity index (χ4v) is 2.39. The van der Waals surface area contributed by atoms with Crippen molar-refractivity contribution in [1.82, 2.24) is 5.32 Å². The minimum atomic E-state index is -0.575. The molecule has 0 aliphatic heterocycles. The molecule has 1 unspecified atom stereocenters. The molecule has 1 aromatic rings. The summed E-state index contributed by atoms with van der Waals surface area (Å²) >= 11 is 3.43. The number of rotatable bonds is 10. The Morgan fingerprint density at radius 2 is 2.24 bits per heavy atom. The van der Waals surface area contributed by atoms with Gasteiger partial charge in [0.2, 0.25) is 5.91 Å². The van der Waals surface area contributed by atoms with E-state index in [1.807, 2.05) is 25.1 Å². The maximum absolute atomic E-state index is 10.6. The van der Waals surface area contributed by atoms with Gasteiger partial charge >= 0.3 is 0 Å². The lowest BCUT2D eigenvalue weighted by Gasteiger charge is -2.14. The lowest BCUT2D eigenvalue weighted by atomic mass is 10.2. The minimum absolute atomic E-state index is 0.232. The molecule has 0 radical (unpaired) electrons. The molecule has 0 saturated heterocycles. The molecule has 5 nitrogen and oxygen atoms in total. The molecule has 0 saturated carbocycles. The number of aliphatic hydroxyl groups excluding tert-OH is 1. The molecule has 1 aromatic carbocycles. The largest absolute Gasteiger partial charge is 0.490 e. The van der Waals surface area contributed by atoms with Crippen LogP contribution < -0.4 is 15.8 Å². The van der Waals surface area contributed by atoms with E-state index in [9.17, 15) is 9.90 Å². The summed E-state index contributed by atoms with van der Waals surface area (Å²) in [5.41, 5.74) is 6.20. The van der Waals surface area contributed by atoms with Gasteiger partial charge in [0.05, 0.1) is 4.47 Å². The molecule has 0 bridgehead atoms. The Kier molecular flexibility index (Phi) is 8.34. The van der Waals surface area contributed by atoms with Crippen LogP contribution in [-0.2, 0) is 4.79 Å². The first-order valence-electron chi connectivity index (χ1n) is 7.05. The van der Waals surface area contributed by atoms with E-state index in [0.717, 1.165) is 35.2 Å². The Bertz CT molecular complexity index is 455. The zero-order valence-electron chi connectivity index (χ0n) is 12.3. The molecule has 0 aliphatic carbocycles. The first kappa shape index (κ1) is 17.9.